The van der Waals surface area contributed by atoms with Gasteiger partial charge >= 0.3 is 0 Å². The van der Waals surface area contributed by atoms with Gasteiger partial charge in [0.15, 0.2) is 0 Å². The molecule has 0 aliphatic heterocycles. The number of hydrogen-bond acceptors (Lipinski definition) is 1. The van der Waals surface area contributed by atoms with Crippen molar-refractivity contribution in [2.75, 3.05) is 0 Å². The second kappa shape index (κ2) is 2.37. The summed E-state index contributed by atoms with van der Waals surface area (Å²) in [5, 5.41) is 0. The molecular weight excluding hydrogens is 124 g/mol. The number of rotatable bonds is 3. The minimum Gasteiger partial charge on any atom is -0.303 e. The fourth-order valence-corrected chi connectivity index (χ4v) is 1.49. The zero-order chi connectivity index (χ0) is 7.78. The SMILES string of the molecule is CC(C)C(C)C1(C=O)CC1. The molecule has 1 atom stereocenters. The summed E-state index contributed by atoms with van der Waals surface area (Å²) < 4.78 is 0. The average molecular weight is 140 g/mol. The first-order chi connectivity index (χ1) is 4.62. The van der Waals surface area contributed by atoms with E-state index >= 15 is 0 Å². The van der Waals surface area contributed by atoms with Crippen molar-refractivity contribution < 1.29 is 4.79 Å². The maximum Gasteiger partial charge on any atom is 0.126 e. The van der Waals surface area contributed by atoms with E-state index in [-0.39, 0.29) is 5.41 Å². The first-order valence-electron chi connectivity index (χ1n) is 4.09. The molecule has 10 heavy (non-hydrogen) atoms. The fourth-order valence-electron chi connectivity index (χ4n) is 1.49. The van der Waals surface area contributed by atoms with Crippen molar-refractivity contribution >= 4 is 6.29 Å². The Balaban J connectivity index is 2.55. The Morgan fingerprint density at radius 2 is 1.80 bits per heavy atom. The molecule has 1 saturated carbocycles. The van der Waals surface area contributed by atoms with E-state index in [2.05, 4.69) is 20.8 Å². The van der Waals surface area contributed by atoms with Crippen molar-refractivity contribution in [1.82, 2.24) is 0 Å². The summed E-state index contributed by atoms with van der Waals surface area (Å²) in [6.07, 6.45) is 3.41. The number of aldehydes is 1. The van der Waals surface area contributed by atoms with Gasteiger partial charge in [-0.3, -0.25) is 0 Å². The number of hydrogen-bond donors (Lipinski definition) is 0. The Labute approximate surface area is 62.8 Å². The van der Waals surface area contributed by atoms with Crippen molar-refractivity contribution in [3.05, 3.63) is 0 Å². The van der Waals surface area contributed by atoms with E-state index in [1.165, 1.54) is 0 Å². The lowest BCUT2D eigenvalue weighted by Crippen LogP contribution is -2.19. The van der Waals surface area contributed by atoms with E-state index in [1.54, 1.807) is 0 Å². The molecular formula is C9H16O. The third-order valence-electron chi connectivity index (χ3n) is 2.97. The fraction of sp³-hybridized carbons (Fsp3) is 0.889. The van der Waals surface area contributed by atoms with E-state index in [1.807, 2.05) is 0 Å². The topological polar surface area (TPSA) is 17.1 Å². The van der Waals surface area contributed by atoms with E-state index in [0.29, 0.717) is 11.8 Å². The van der Waals surface area contributed by atoms with Crippen LogP contribution >= 0.6 is 0 Å². The van der Waals surface area contributed by atoms with Gasteiger partial charge in [0.1, 0.15) is 6.29 Å². The monoisotopic (exact) mass is 140 g/mol. The lowest BCUT2D eigenvalue weighted by Gasteiger charge is -2.20. The molecule has 0 radical (unpaired) electrons. The zero-order valence-corrected chi connectivity index (χ0v) is 7.05. The molecule has 0 aromatic heterocycles. The van der Waals surface area contributed by atoms with Gasteiger partial charge in [-0.2, -0.15) is 0 Å². The van der Waals surface area contributed by atoms with E-state index < -0.39 is 0 Å². The first-order valence-corrected chi connectivity index (χ1v) is 4.09. The van der Waals surface area contributed by atoms with Crippen molar-refractivity contribution in [3.63, 3.8) is 0 Å². The maximum atomic E-state index is 10.6. The molecule has 1 nitrogen and oxygen atoms in total. The summed E-state index contributed by atoms with van der Waals surface area (Å²) >= 11 is 0. The van der Waals surface area contributed by atoms with Crippen molar-refractivity contribution in [2.45, 2.75) is 33.6 Å². The number of carbonyl (C=O) groups is 1. The van der Waals surface area contributed by atoms with Crippen LogP contribution in [-0.4, -0.2) is 6.29 Å². The van der Waals surface area contributed by atoms with Crippen molar-refractivity contribution in [1.29, 1.82) is 0 Å². The molecule has 1 heteroatoms. The van der Waals surface area contributed by atoms with Gasteiger partial charge in [-0.25, -0.2) is 0 Å². The summed E-state index contributed by atoms with van der Waals surface area (Å²) in [6.45, 7) is 6.56. The summed E-state index contributed by atoms with van der Waals surface area (Å²) in [4.78, 5) is 10.6. The van der Waals surface area contributed by atoms with Gasteiger partial charge in [-0.15, -0.1) is 0 Å². The van der Waals surface area contributed by atoms with Crippen LogP contribution in [0.25, 0.3) is 0 Å². The minimum absolute atomic E-state index is 0.0914. The molecule has 0 amide bonds. The Kier molecular flexibility index (Phi) is 1.84. The normalized spacial score (nSPS) is 24.4. The van der Waals surface area contributed by atoms with Crippen LogP contribution in [0.4, 0.5) is 0 Å². The van der Waals surface area contributed by atoms with Gasteiger partial charge in [0.05, 0.1) is 0 Å². The second-order valence-electron chi connectivity index (χ2n) is 3.88. The standard InChI is InChI=1S/C9H16O/c1-7(2)8(3)9(6-10)4-5-9/h6-8H,4-5H2,1-3H3. The molecule has 0 aromatic rings. The molecule has 1 aliphatic rings. The molecule has 0 spiro atoms. The molecule has 58 valence electrons. The lowest BCUT2D eigenvalue weighted by molar-refractivity contribution is -0.114. The smallest absolute Gasteiger partial charge is 0.126 e. The van der Waals surface area contributed by atoms with Gasteiger partial charge in [-0.1, -0.05) is 20.8 Å². The van der Waals surface area contributed by atoms with E-state index in [9.17, 15) is 4.79 Å². The van der Waals surface area contributed by atoms with Crippen LogP contribution in [0.3, 0.4) is 0 Å². The zero-order valence-electron chi connectivity index (χ0n) is 7.05. The van der Waals surface area contributed by atoms with Crippen molar-refractivity contribution in [2.24, 2.45) is 17.3 Å². The van der Waals surface area contributed by atoms with Crippen molar-refractivity contribution in [3.8, 4) is 0 Å². The van der Waals surface area contributed by atoms with Gasteiger partial charge in [0.2, 0.25) is 0 Å². The van der Waals surface area contributed by atoms with Gasteiger partial charge in [-0.05, 0) is 24.7 Å². The van der Waals surface area contributed by atoms with Gasteiger partial charge in [0.25, 0.3) is 0 Å². The quantitative estimate of drug-likeness (QED) is 0.549. The molecule has 0 saturated heterocycles. The molecule has 0 bridgehead atoms. The van der Waals surface area contributed by atoms with Crippen LogP contribution in [0.2, 0.25) is 0 Å². The maximum absolute atomic E-state index is 10.6. The summed E-state index contributed by atoms with van der Waals surface area (Å²) in [5.41, 5.74) is 0.0914. The molecule has 0 aromatic carbocycles. The highest BCUT2D eigenvalue weighted by atomic mass is 16.1. The highest BCUT2D eigenvalue weighted by Crippen LogP contribution is 2.52. The first kappa shape index (κ1) is 7.77. The van der Waals surface area contributed by atoms with Gasteiger partial charge in [0, 0.05) is 5.41 Å². The number of carbonyl (C=O) groups excluding carboxylic acids is 1. The predicted octanol–water partition coefficient (Wildman–Crippen LogP) is 2.26. The Hall–Kier alpha value is -0.330. The Morgan fingerprint density at radius 3 is 1.90 bits per heavy atom. The predicted molar refractivity (Wildman–Crippen MR) is 41.7 cm³/mol. The van der Waals surface area contributed by atoms with Crippen LogP contribution < -0.4 is 0 Å². The highest BCUT2D eigenvalue weighted by Gasteiger charge is 2.47. The van der Waals surface area contributed by atoms with Crippen LogP contribution in [0.1, 0.15) is 33.6 Å². The van der Waals surface area contributed by atoms with E-state index in [0.717, 1.165) is 19.1 Å². The van der Waals surface area contributed by atoms with Crippen LogP contribution in [0, 0.1) is 17.3 Å². The third-order valence-corrected chi connectivity index (χ3v) is 2.97. The average Bonchev–Trinajstić information content (AvgIpc) is 2.66. The molecule has 1 rings (SSSR count). The molecule has 0 N–H and O–H groups in total. The minimum atomic E-state index is 0.0914. The lowest BCUT2D eigenvalue weighted by atomic mass is 9.83. The largest absolute Gasteiger partial charge is 0.303 e. The Bertz CT molecular complexity index is 134. The van der Waals surface area contributed by atoms with Crippen LogP contribution in [-0.2, 0) is 4.79 Å². The van der Waals surface area contributed by atoms with Gasteiger partial charge < -0.3 is 4.79 Å². The summed E-state index contributed by atoms with van der Waals surface area (Å²) in [7, 11) is 0. The summed E-state index contributed by atoms with van der Waals surface area (Å²) in [6, 6.07) is 0. The van der Waals surface area contributed by atoms with E-state index in [4.69, 9.17) is 0 Å². The highest BCUT2D eigenvalue weighted by molar-refractivity contribution is 5.64. The molecule has 0 heterocycles. The molecule has 1 fully saturated rings. The molecule has 1 unspecified atom stereocenters. The Morgan fingerprint density at radius 1 is 1.30 bits per heavy atom. The third kappa shape index (κ3) is 1.09. The van der Waals surface area contributed by atoms with Crippen LogP contribution in [0.15, 0.2) is 0 Å². The second-order valence-corrected chi connectivity index (χ2v) is 3.88. The van der Waals surface area contributed by atoms with Crippen LogP contribution in [0.5, 0.6) is 0 Å². The summed E-state index contributed by atoms with van der Waals surface area (Å²) in [5.74, 6) is 1.22. The molecule has 1 aliphatic carbocycles.